The summed E-state index contributed by atoms with van der Waals surface area (Å²) in [5, 5.41) is 0.799. The Kier molecular flexibility index (Phi) is 4.82. The smallest absolute Gasteiger partial charge is 0.260 e. The summed E-state index contributed by atoms with van der Waals surface area (Å²) in [4.78, 5) is 27.2. The number of rotatable bonds is 5. The summed E-state index contributed by atoms with van der Waals surface area (Å²) in [7, 11) is 1.64. The van der Waals surface area contributed by atoms with Gasteiger partial charge in [0.05, 0.1) is 18.0 Å². The second-order valence-corrected chi connectivity index (χ2v) is 6.43. The molecule has 1 amide bonds. The van der Waals surface area contributed by atoms with Gasteiger partial charge in [0.25, 0.3) is 5.91 Å². The molecule has 1 aliphatic rings. The minimum atomic E-state index is -0.0527. The fourth-order valence-electron chi connectivity index (χ4n) is 3.32. The Balaban J connectivity index is 1.39. The Hall–Kier alpha value is -3.22. The van der Waals surface area contributed by atoms with E-state index in [0.717, 1.165) is 28.8 Å². The van der Waals surface area contributed by atoms with E-state index in [1.165, 1.54) is 6.33 Å². The van der Waals surface area contributed by atoms with Crippen LogP contribution in [0.4, 0.5) is 0 Å². The van der Waals surface area contributed by atoms with Gasteiger partial charge in [-0.3, -0.25) is 9.78 Å². The molecule has 1 atom stereocenters. The molecule has 0 radical (unpaired) electrons. The van der Waals surface area contributed by atoms with Crippen molar-refractivity contribution in [2.45, 2.75) is 12.3 Å². The van der Waals surface area contributed by atoms with Crippen LogP contribution in [0.15, 0.2) is 48.9 Å². The van der Waals surface area contributed by atoms with Crippen LogP contribution in [0.3, 0.4) is 0 Å². The normalized spacial score (nSPS) is 16.5. The third kappa shape index (κ3) is 3.67. The summed E-state index contributed by atoms with van der Waals surface area (Å²) in [6.45, 7) is 1.28. The van der Waals surface area contributed by atoms with Crippen molar-refractivity contribution in [3.05, 3.63) is 54.6 Å². The number of ether oxygens (including phenoxy) is 2. The van der Waals surface area contributed by atoms with Crippen molar-refractivity contribution in [1.29, 1.82) is 0 Å². The first-order valence-electron chi connectivity index (χ1n) is 8.85. The van der Waals surface area contributed by atoms with Crippen molar-refractivity contribution in [2.24, 2.45) is 0 Å². The third-order valence-corrected chi connectivity index (χ3v) is 4.79. The molecular weight excluding hydrogens is 344 g/mol. The zero-order valence-electron chi connectivity index (χ0n) is 15.0. The summed E-state index contributed by atoms with van der Waals surface area (Å²) < 4.78 is 11.0. The molecule has 1 saturated heterocycles. The monoisotopic (exact) mass is 364 g/mol. The van der Waals surface area contributed by atoms with Crippen molar-refractivity contribution in [2.75, 3.05) is 26.8 Å². The van der Waals surface area contributed by atoms with E-state index in [1.807, 2.05) is 41.3 Å². The second-order valence-electron chi connectivity index (χ2n) is 6.43. The van der Waals surface area contributed by atoms with Gasteiger partial charge in [-0.25, -0.2) is 9.97 Å². The second kappa shape index (κ2) is 7.57. The lowest BCUT2D eigenvalue weighted by Gasteiger charge is -2.17. The molecule has 0 N–H and O–H groups in total. The number of likely N-dealkylation sites (tertiary alicyclic amines) is 1. The van der Waals surface area contributed by atoms with Crippen molar-refractivity contribution in [1.82, 2.24) is 19.9 Å². The van der Waals surface area contributed by atoms with E-state index in [4.69, 9.17) is 9.47 Å². The highest BCUT2D eigenvalue weighted by Crippen LogP contribution is 2.28. The van der Waals surface area contributed by atoms with Crippen LogP contribution >= 0.6 is 0 Å². The van der Waals surface area contributed by atoms with Gasteiger partial charge in [0.15, 0.2) is 6.61 Å². The van der Waals surface area contributed by atoms with Crippen LogP contribution < -0.4 is 9.47 Å². The summed E-state index contributed by atoms with van der Waals surface area (Å²) in [5.41, 5.74) is 1.74. The minimum absolute atomic E-state index is 0.0424. The summed E-state index contributed by atoms with van der Waals surface area (Å²) in [6.07, 6.45) is 4.06. The molecule has 3 heterocycles. The number of hydrogen-bond donors (Lipinski definition) is 0. The van der Waals surface area contributed by atoms with Gasteiger partial charge >= 0.3 is 0 Å². The Morgan fingerprint density at radius 2 is 2.11 bits per heavy atom. The van der Waals surface area contributed by atoms with Gasteiger partial charge in [0, 0.05) is 37.0 Å². The van der Waals surface area contributed by atoms with E-state index in [2.05, 4.69) is 15.0 Å². The molecule has 0 saturated carbocycles. The molecular formula is C20H20N4O3. The zero-order chi connectivity index (χ0) is 18.6. The van der Waals surface area contributed by atoms with E-state index in [9.17, 15) is 4.79 Å². The van der Waals surface area contributed by atoms with Crippen molar-refractivity contribution in [3.8, 4) is 11.6 Å². The fraction of sp³-hybridized carbons (Fsp3) is 0.300. The van der Waals surface area contributed by atoms with Crippen LogP contribution in [-0.2, 0) is 4.79 Å². The van der Waals surface area contributed by atoms with E-state index in [0.29, 0.717) is 19.0 Å². The molecule has 3 aromatic rings. The largest absolute Gasteiger partial charge is 0.497 e. The first-order valence-corrected chi connectivity index (χ1v) is 8.85. The highest BCUT2D eigenvalue weighted by Gasteiger charge is 2.28. The number of para-hydroxylation sites is 1. The Bertz CT molecular complexity index is 957. The summed E-state index contributed by atoms with van der Waals surface area (Å²) in [6, 6.07) is 11.3. The molecule has 1 fully saturated rings. The molecule has 0 aliphatic carbocycles. The average molecular weight is 364 g/mol. The lowest BCUT2D eigenvalue weighted by molar-refractivity contribution is -0.132. The highest BCUT2D eigenvalue weighted by molar-refractivity contribution is 5.84. The maximum absolute atomic E-state index is 12.6. The van der Waals surface area contributed by atoms with E-state index >= 15 is 0 Å². The molecule has 7 nitrogen and oxygen atoms in total. The number of carbonyl (C=O) groups is 1. The number of aromatic nitrogens is 3. The van der Waals surface area contributed by atoms with Crippen LogP contribution in [0.25, 0.3) is 10.9 Å². The topological polar surface area (TPSA) is 77.4 Å². The van der Waals surface area contributed by atoms with Gasteiger partial charge in [0.1, 0.15) is 12.1 Å². The molecule has 1 aromatic carbocycles. The Morgan fingerprint density at radius 1 is 1.22 bits per heavy atom. The lowest BCUT2D eigenvalue weighted by Crippen LogP contribution is -2.33. The lowest BCUT2D eigenvalue weighted by atomic mass is 10.0. The third-order valence-electron chi connectivity index (χ3n) is 4.79. The van der Waals surface area contributed by atoms with Gasteiger partial charge in [-0.05, 0) is 24.6 Å². The molecule has 138 valence electrons. The predicted molar refractivity (Wildman–Crippen MR) is 99.8 cm³/mol. The maximum atomic E-state index is 12.6. The number of nitrogens with zero attached hydrogens (tertiary/aromatic N) is 4. The minimum Gasteiger partial charge on any atom is -0.497 e. The quantitative estimate of drug-likeness (QED) is 0.692. The van der Waals surface area contributed by atoms with Crippen LogP contribution in [0.1, 0.15) is 18.0 Å². The van der Waals surface area contributed by atoms with Crippen LogP contribution in [0.2, 0.25) is 0 Å². The molecule has 27 heavy (non-hydrogen) atoms. The molecule has 0 bridgehead atoms. The highest BCUT2D eigenvalue weighted by atomic mass is 16.5. The van der Waals surface area contributed by atoms with Crippen LogP contribution in [-0.4, -0.2) is 52.6 Å². The Morgan fingerprint density at radius 3 is 3.00 bits per heavy atom. The Labute approximate surface area is 157 Å². The molecule has 4 rings (SSSR count). The molecule has 2 aromatic heterocycles. The summed E-state index contributed by atoms with van der Waals surface area (Å²) >= 11 is 0. The van der Waals surface area contributed by atoms with Gasteiger partial charge in [0.2, 0.25) is 5.88 Å². The SMILES string of the molecule is COc1ccnc(C2CCN(C(=O)COc3ncnc4ccccc34)C2)c1. The number of amides is 1. The van der Waals surface area contributed by atoms with Crippen molar-refractivity contribution >= 4 is 16.8 Å². The zero-order valence-corrected chi connectivity index (χ0v) is 15.0. The van der Waals surface area contributed by atoms with Crippen LogP contribution in [0, 0.1) is 0 Å². The molecule has 7 heteroatoms. The first-order chi connectivity index (χ1) is 13.2. The van der Waals surface area contributed by atoms with Crippen LogP contribution in [0.5, 0.6) is 11.6 Å². The number of methoxy groups -OCH3 is 1. The van der Waals surface area contributed by atoms with Crippen molar-refractivity contribution < 1.29 is 14.3 Å². The maximum Gasteiger partial charge on any atom is 0.260 e. The van der Waals surface area contributed by atoms with Gasteiger partial charge < -0.3 is 14.4 Å². The number of carbonyl (C=O) groups excluding carboxylic acids is 1. The van der Waals surface area contributed by atoms with Gasteiger partial charge in [-0.1, -0.05) is 12.1 Å². The van der Waals surface area contributed by atoms with E-state index in [1.54, 1.807) is 13.3 Å². The van der Waals surface area contributed by atoms with E-state index < -0.39 is 0 Å². The number of pyridine rings is 1. The molecule has 1 aliphatic heterocycles. The summed E-state index contributed by atoms with van der Waals surface area (Å²) in [5.74, 6) is 1.37. The first kappa shape index (κ1) is 17.2. The fourth-order valence-corrected chi connectivity index (χ4v) is 3.32. The predicted octanol–water partition coefficient (Wildman–Crippen LogP) is 2.43. The number of benzene rings is 1. The number of fused-ring (bicyclic) bond motifs is 1. The van der Waals surface area contributed by atoms with E-state index in [-0.39, 0.29) is 18.4 Å². The van der Waals surface area contributed by atoms with Crippen molar-refractivity contribution in [3.63, 3.8) is 0 Å². The number of hydrogen-bond acceptors (Lipinski definition) is 6. The average Bonchev–Trinajstić information content (AvgIpc) is 3.22. The molecule has 0 spiro atoms. The molecule has 1 unspecified atom stereocenters. The van der Waals surface area contributed by atoms with Gasteiger partial charge in [-0.2, -0.15) is 0 Å². The van der Waals surface area contributed by atoms with Gasteiger partial charge in [-0.15, -0.1) is 0 Å². The standard InChI is InChI=1S/C20H20N4O3/c1-26-15-6-8-21-18(10-15)14-7-9-24(11-14)19(25)12-27-20-16-4-2-3-5-17(16)22-13-23-20/h2-6,8,10,13-14H,7,9,11-12H2,1H3.